The normalized spacial score (nSPS) is 12.0. The smallest absolute Gasteiger partial charge is 0.103 e. The van der Waals surface area contributed by atoms with Gasteiger partial charge in [0.25, 0.3) is 0 Å². The summed E-state index contributed by atoms with van der Waals surface area (Å²) in [5, 5.41) is 0. The fourth-order valence-corrected chi connectivity index (χ4v) is 1.67. The lowest BCUT2D eigenvalue weighted by Gasteiger charge is -2.26. The summed E-state index contributed by atoms with van der Waals surface area (Å²) in [6, 6.07) is 0. The van der Waals surface area contributed by atoms with Gasteiger partial charge < -0.3 is 9.47 Å². The SMILES string of the molecule is C=COC(C)(C)CCCCC(C)(C)OC=C. The summed E-state index contributed by atoms with van der Waals surface area (Å²) < 4.78 is 10.9. The molecule has 0 N–H and O–H groups in total. The maximum atomic E-state index is 5.43. The van der Waals surface area contributed by atoms with Crippen LogP contribution in [0.1, 0.15) is 53.4 Å². The molecule has 0 aliphatic rings. The first-order valence-electron chi connectivity index (χ1n) is 5.90. The summed E-state index contributed by atoms with van der Waals surface area (Å²) in [5.41, 5.74) is -0.212. The predicted molar refractivity (Wildman–Crippen MR) is 69.2 cm³/mol. The van der Waals surface area contributed by atoms with Gasteiger partial charge in [0.15, 0.2) is 0 Å². The van der Waals surface area contributed by atoms with E-state index in [4.69, 9.17) is 9.47 Å². The molecule has 0 spiro atoms. The first-order chi connectivity index (χ1) is 7.33. The minimum Gasteiger partial charge on any atom is -0.496 e. The Balaban J connectivity index is 3.75. The highest BCUT2D eigenvalue weighted by atomic mass is 16.5. The molecule has 0 saturated heterocycles. The van der Waals surface area contributed by atoms with Gasteiger partial charge in [0, 0.05) is 0 Å². The zero-order valence-electron chi connectivity index (χ0n) is 11.2. The second kappa shape index (κ2) is 6.62. The van der Waals surface area contributed by atoms with E-state index in [0.29, 0.717) is 0 Å². The third kappa shape index (κ3) is 7.38. The second-order valence-electron chi connectivity index (χ2n) is 5.30. The van der Waals surface area contributed by atoms with E-state index in [1.165, 1.54) is 12.5 Å². The van der Waals surface area contributed by atoms with Gasteiger partial charge in [-0.05, 0) is 53.4 Å². The minimum atomic E-state index is -0.106. The molecule has 0 aromatic carbocycles. The number of rotatable bonds is 9. The van der Waals surface area contributed by atoms with Gasteiger partial charge in [0.1, 0.15) is 11.2 Å². The van der Waals surface area contributed by atoms with Gasteiger partial charge in [0.2, 0.25) is 0 Å². The van der Waals surface area contributed by atoms with E-state index in [2.05, 4.69) is 40.9 Å². The average molecular weight is 226 g/mol. The Bertz CT molecular complexity index is 193. The van der Waals surface area contributed by atoms with Crippen LogP contribution in [0.3, 0.4) is 0 Å². The molecule has 0 radical (unpaired) electrons. The lowest BCUT2D eigenvalue weighted by Crippen LogP contribution is -2.23. The van der Waals surface area contributed by atoms with Crippen molar-refractivity contribution in [3.05, 3.63) is 25.7 Å². The summed E-state index contributed by atoms with van der Waals surface area (Å²) >= 11 is 0. The van der Waals surface area contributed by atoms with Gasteiger partial charge in [-0.3, -0.25) is 0 Å². The van der Waals surface area contributed by atoms with Gasteiger partial charge in [0.05, 0.1) is 12.5 Å². The average Bonchev–Trinajstić information content (AvgIpc) is 2.12. The van der Waals surface area contributed by atoms with Crippen LogP contribution >= 0.6 is 0 Å². The van der Waals surface area contributed by atoms with Crippen molar-refractivity contribution >= 4 is 0 Å². The number of hydrogen-bond acceptors (Lipinski definition) is 2. The topological polar surface area (TPSA) is 18.5 Å². The van der Waals surface area contributed by atoms with Crippen LogP contribution in [0.5, 0.6) is 0 Å². The summed E-state index contributed by atoms with van der Waals surface area (Å²) in [4.78, 5) is 0. The molecule has 0 amide bonds. The monoisotopic (exact) mass is 226 g/mol. The van der Waals surface area contributed by atoms with E-state index in [-0.39, 0.29) is 11.2 Å². The molecular weight excluding hydrogens is 200 g/mol. The Morgan fingerprint density at radius 1 is 0.812 bits per heavy atom. The van der Waals surface area contributed by atoms with E-state index in [1.54, 1.807) is 0 Å². The maximum Gasteiger partial charge on any atom is 0.103 e. The van der Waals surface area contributed by atoms with Crippen molar-refractivity contribution in [3.63, 3.8) is 0 Å². The van der Waals surface area contributed by atoms with E-state index in [0.717, 1.165) is 25.7 Å². The van der Waals surface area contributed by atoms with Crippen molar-refractivity contribution in [1.29, 1.82) is 0 Å². The second-order valence-corrected chi connectivity index (χ2v) is 5.30. The molecule has 0 aromatic rings. The van der Waals surface area contributed by atoms with Crippen molar-refractivity contribution in [3.8, 4) is 0 Å². The molecule has 0 atom stereocenters. The van der Waals surface area contributed by atoms with E-state index in [1.807, 2.05) is 0 Å². The van der Waals surface area contributed by atoms with Crippen LogP contribution in [-0.4, -0.2) is 11.2 Å². The molecular formula is C14H26O2. The summed E-state index contributed by atoms with van der Waals surface area (Å²) in [6.07, 6.45) is 7.36. The van der Waals surface area contributed by atoms with E-state index < -0.39 is 0 Å². The third-order valence-corrected chi connectivity index (χ3v) is 2.61. The van der Waals surface area contributed by atoms with Crippen molar-refractivity contribution < 1.29 is 9.47 Å². The number of ether oxygens (including phenoxy) is 2. The lowest BCUT2D eigenvalue weighted by atomic mass is 9.96. The highest BCUT2D eigenvalue weighted by Gasteiger charge is 2.20. The van der Waals surface area contributed by atoms with Crippen molar-refractivity contribution in [2.45, 2.75) is 64.6 Å². The predicted octanol–water partition coefficient (Wildman–Crippen LogP) is 4.42. The molecule has 0 aliphatic heterocycles. The first kappa shape index (κ1) is 15.1. The minimum absolute atomic E-state index is 0.106. The molecule has 0 rings (SSSR count). The quantitative estimate of drug-likeness (QED) is 0.428. The molecule has 0 saturated carbocycles. The van der Waals surface area contributed by atoms with Gasteiger partial charge >= 0.3 is 0 Å². The van der Waals surface area contributed by atoms with E-state index >= 15 is 0 Å². The number of unbranched alkanes of at least 4 members (excludes halogenated alkanes) is 1. The fourth-order valence-electron chi connectivity index (χ4n) is 1.67. The molecule has 0 unspecified atom stereocenters. The Labute approximate surface area is 100 Å². The van der Waals surface area contributed by atoms with Crippen molar-refractivity contribution in [2.75, 3.05) is 0 Å². The summed E-state index contributed by atoms with van der Waals surface area (Å²) in [7, 11) is 0. The molecule has 16 heavy (non-hydrogen) atoms. The molecule has 0 fully saturated rings. The first-order valence-corrected chi connectivity index (χ1v) is 5.90. The molecule has 0 heterocycles. The highest BCUT2D eigenvalue weighted by molar-refractivity contribution is 4.75. The summed E-state index contributed by atoms with van der Waals surface area (Å²) in [5.74, 6) is 0. The molecule has 0 aromatic heterocycles. The van der Waals surface area contributed by atoms with Gasteiger partial charge in [-0.15, -0.1) is 0 Å². The van der Waals surface area contributed by atoms with Crippen LogP contribution in [0, 0.1) is 0 Å². The standard InChI is InChI=1S/C14H26O2/c1-7-15-13(3,4)11-9-10-12-14(5,6)16-8-2/h7-8H,1-2,9-12H2,3-6H3. The van der Waals surface area contributed by atoms with Crippen molar-refractivity contribution in [1.82, 2.24) is 0 Å². The van der Waals surface area contributed by atoms with Crippen LogP contribution in [0.15, 0.2) is 25.7 Å². The fraction of sp³-hybridized carbons (Fsp3) is 0.714. The van der Waals surface area contributed by atoms with Crippen LogP contribution in [-0.2, 0) is 9.47 Å². The van der Waals surface area contributed by atoms with Crippen LogP contribution < -0.4 is 0 Å². The molecule has 2 heteroatoms. The maximum absolute atomic E-state index is 5.43. The van der Waals surface area contributed by atoms with Crippen LogP contribution in [0.2, 0.25) is 0 Å². The van der Waals surface area contributed by atoms with Crippen molar-refractivity contribution in [2.24, 2.45) is 0 Å². The van der Waals surface area contributed by atoms with Gasteiger partial charge in [-0.2, -0.15) is 0 Å². The Kier molecular flexibility index (Phi) is 6.24. The highest BCUT2D eigenvalue weighted by Crippen LogP contribution is 2.23. The van der Waals surface area contributed by atoms with Crippen LogP contribution in [0.25, 0.3) is 0 Å². The molecule has 94 valence electrons. The summed E-state index contributed by atoms with van der Waals surface area (Å²) in [6.45, 7) is 15.5. The zero-order chi connectivity index (χ0) is 12.7. The molecule has 0 bridgehead atoms. The Hall–Kier alpha value is -0.920. The largest absolute Gasteiger partial charge is 0.496 e. The zero-order valence-corrected chi connectivity index (χ0v) is 11.2. The Morgan fingerprint density at radius 2 is 1.12 bits per heavy atom. The molecule has 2 nitrogen and oxygen atoms in total. The Morgan fingerprint density at radius 3 is 1.38 bits per heavy atom. The van der Waals surface area contributed by atoms with Gasteiger partial charge in [-0.25, -0.2) is 0 Å². The molecule has 0 aliphatic carbocycles. The third-order valence-electron chi connectivity index (χ3n) is 2.61. The van der Waals surface area contributed by atoms with E-state index in [9.17, 15) is 0 Å². The van der Waals surface area contributed by atoms with Gasteiger partial charge in [-0.1, -0.05) is 13.2 Å². The lowest BCUT2D eigenvalue weighted by molar-refractivity contribution is 0.0340. The van der Waals surface area contributed by atoms with Crippen LogP contribution in [0.4, 0.5) is 0 Å². The number of hydrogen-bond donors (Lipinski definition) is 0.